The van der Waals surface area contributed by atoms with Crippen molar-refractivity contribution in [2.75, 3.05) is 12.3 Å². The third kappa shape index (κ3) is 3.97. The second-order valence-corrected chi connectivity index (χ2v) is 5.82. The number of piperidine rings is 1. The number of amides is 2. The van der Waals surface area contributed by atoms with Crippen molar-refractivity contribution in [2.45, 2.75) is 38.6 Å². The highest BCUT2D eigenvalue weighted by molar-refractivity contribution is 5.80. The number of carbonyl (C=O) groups excluding carboxylic acids is 2. The van der Waals surface area contributed by atoms with Gasteiger partial charge in [0.1, 0.15) is 0 Å². The lowest BCUT2D eigenvalue weighted by atomic mass is 9.92. The lowest BCUT2D eigenvalue weighted by Crippen LogP contribution is -2.48. The molecule has 5 nitrogen and oxygen atoms in total. The molecule has 1 aromatic carbocycles. The zero-order valence-electron chi connectivity index (χ0n) is 12.4. The van der Waals surface area contributed by atoms with Gasteiger partial charge >= 0.3 is 0 Å². The molecule has 114 valence electrons. The van der Waals surface area contributed by atoms with E-state index in [1.54, 1.807) is 4.90 Å². The van der Waals surface area contributed by atoms with E-state index in [0.717, 1.165) is 18.4 Å². The molecule has 2 atom stereocenters. The van der Waals surface area contributed by atoms with Crippen LogP contribution in [0.3, 0.4) is 0 Å². The van der Waals surface area contributed by atoms with Gasteiger partial charge in [0, 0.05) is 24.7 Å². The maximum Gasteiger partial charge on any atom is 0.223 e. The summed E-state index contributed by atoms with van der Waals surface area (Å²) in [4.78, 5) is 25.5. The summed E-state index contributed by atoms with van der Waals surface area (Å²) in [7, 11) is 0. The highest BCUT2D eigenvalue weighted by Crippen LogP contribution is 2.23. The Morgan fingerprint density at radius 2 is 2.10 bits per heavy atom. The van der Waals surface area contributed by atoms with E-state index >= 15 is 0 Å². The van der Waals surface area contributed by atoms with Gasteiger partial charge in [-0.25, -0.2) is 0 Å². The Morgan fingerprint density at radius 3 is 2.76 bits per heavy atom. The summed E-state index contributed by atoms with van der Waals surface area (Å²) in [6.07, 6.45) is 2.70. The fourth-order valence-corrected chi connectivity index (χ4v) is 2.83. The molecule has 2 rings (SSSR count). The lowest BCUT2D eigenvalue weighted by Gasteiger charge is -2.37. The van der Waals surface area contributed by atoms with Crippen molar-refractivity contribution in [1.29, 1.82) is 0 Å². The number of likely N-dealkylation sites (tertiary alicyclic amines) is 1. The van der Waals surface area contributed by atoms with Crippen LogP contribution in [0, 0.1) is 5.92 Å². The monoisotopic (exact) mass is 289 g/mol. The highest BCUT2D eigenvalue weighted by Gasteiger charge is 2.31. The van der Waals surface area contributed by atoms with Gasteiger partial charge in [-0.05, 0) is 43.9 Å². The van der Waals surface area contributed by atoms with Gasteiger partial charge in [0.2, 0.25) is 11.8 Å². The standard InChI is InChI=1S/C16H23N3O2/c1-11-5-7-13(16(18)21)10-19(11)15(20)8-6-12-3-2-4-14(17)9-12/h2-4,9,11,13H,5-8,10,17H2,1H3,(H2,18,21). The minimum Gasteiger partial charge on any atom is -0.399 e. The van der Waals surface area contributed by atoms with Gasteiger partial charge in [0.25, 0.3) is 0 Å². The molecular formula is C16H23N3O2. The second kappa shape index (κ2) is 6.61. The molecule has 1 fully saturated rings. The molecule has 0 aliphatic carbocycles. The molecule has 2 amide bonds. The molecule has 21 heavy (non-hydrogen) atoms. The maximum atomic E-state index is 12.4. The number of anilines is 1. The summed E-state index contributed by atoms with van der Waals surface area (Å²) in [5.41, 5.74) is 12.9. The summed E-state index contributed by atoms with van der Waals surface area (Å²) in [5.74, 6) is -0.441. The molecule has 0 saturated carbocycles. The molecule has 4 N–H and O–H groups in total. The first-order valence-electron chi connectivity index (χ1n) is 7.40. The number of rotatable bonds is 4. The molecule has 0 bridgehead atoms. The number of nitrogens with two attached hydrogens (primary N) is 2. The van der Waals surface area contributed by atoms with Crippen molar-refractivity contribution in [2.24, 2.45) is 11.7 Å². The SMILES string of the molecule is CC1CCC(C(N)=O)CN1C(=O)CCc1cccc(N)c1. The van der Waals surface area contributed by atoms with Crippen LogP contribution in [0.15, 0.2) is 24.3 Å². The van der Waals surface area contributed by atoms with Crippen molar-refractivity contribution < 1.29 is 9.59 Å². The number of benzene rings is 1. The molecule has 2 unspecified atom stereocenters. The van der Waals surface area contributed by atoms with Crippen LogP contribution < -0.4 is 11.5 Å². The van der Waals surface area contributed by atoms with E-state index in [1.165, 1.54) is 0 Å². The van der Waals surface area contributed by atoms with Crippen LogP contribution in [-0.2, 0) is 16.0 Å². The average molecular weight is 289 g/mol. The van der Waals surface area contributed by atoms with E-state index in [2.05, 4.69) is 0 Å². The van der Waals surface area contributed by atoms with Gasteiger partial charge in [-0.15, -0.1) is 0 Å². The fraction of sp³-hybridized carbons (Fsp3) is 0.500. The van der Waals surface area contributed by atoms with Crippen molar-refractivity contribution in [1.82, 2.24) is 4.90 Å². The molecule has 0 radical (unpaired) electrons. The van der Waals surface area contributed by atoms with Crippen molar-refractivity contribution in [3.05, 3.63) is 29.8 Å². The first-order valence-corrected chi connectivity index (χ1v) is 7.40. The number of hydrogen-bond donors (Lipinski definition) is 2. The van der Waals surface area contributed by atoms with Crippen LogP contribution in [0.2, 0.25) is 0 Å². The molecule has 5 heteroatoms. The smallest absolute Gasteiger partial charge is 0.223 e. The third-order valence-electron chi connectivity index (χ3n) is 4.18. The lowest BCUT2D eigenvalue weighted by molar-refractivity contribution is -0.137. The Kier molecular flexibility index (Phi) is 4.83. The Morgan fingerprint density at radius 1 is 1.33 bits per heavy atom. The van der Waals surface area contributed by atoms with Crippen molar-refractivity contribution >= 4 is 17.5 Å². The highest BCUT2D eigenvalue weighted by atomic mass is 16.2. The van der Waals surface area contributed by atoms with Crippen LogP contribution in [-0.4, -0.2) is 29.3 Å². The zero-order chi connectivity index (χ0) is 15.4. The van der Waals surface area contributed by atoms with Gasteiger partial charge in [-0.1, -0.05) is 12.1 Å². The number of hydrogen-bond acceptors (Lipinski definition) is 3. The van der Waals surface area contributed by atoms with Crippen molar-refractivity contribution in [3.8, 4) is 0 Å². The van der Waals surface area contributed by atoms with E-state index in [4.69, 9.17) is 11.5 Å². The van der Waals surface area contributed by atoms with Crippen LogP contribution in [0.4, 0.5) is 5.69 Å². The van der Waals surface area contributed by atoms with Gasteiger partial charge in [0.15, 0.2) is 0 Å². The molecule has 0 spiro atoms. The topological polar surface area (TPSA) is 89.4 Å². The Balaban J connectivity index is 1.93. The van der Waals surface area contributed by atoms with Gasteiger partial charge in [-0.3, -0.25) is 9.59 Å². The summed E-state index contributed by atoms with van der Waals surface area (Å²) in [6, 6.07) is 7.75. The molecule has 1 aromatic rings. The third-order valence-corrected chi connectivity index (χ3v) is 4.18. The largest absolute Gasteiger partial charge is 0.399 e. The molecule has 1 aliphatic rings. The first-order chi connectivity index (χ1) is 9.97. The van der Waals surface area contributed by atoms with Gasteiger partial charge in [0.05, 0.1) is 5.92 Å². The number of nitrogens with zero attached hydrogens (tertiary/aromatic N) is 1. The fourth-order valence-electron chi connectivity index (χ4n) is 2.83. The minimum atomic E-state index is -0.310. The summed E-state index contributed by atoms with van der Waals surface area (Å²) in [5, 5.41) is 0. The Labute approximate surface area is 125 Å². The number of carbonyl (C=O) groups is 2. The summed E-state index contributed by atoms with van der Waals surface area (Å²) < 4.78 is 0. The normalized spacial score (nSPS) is 22.0. The van der Waals surface area contributed by atoms with E-state index in [-0.39, 0.29) is 23.8 Å². The van der Waals surface area contributed by atoms with Crippen LogP contribution in [0.25, 0.3) is 0 Å². The Bertz CT molecular complexity index is 530. The van der Waals surface area contributed by atoms with E-state index in [9.17, 15) is 9.59 Å². The van der Waals surface area contributed by atoms with Gasteiger partial charge in [-0.2, -0.15) is 0 Å². The minimum absolute atomic E-state index is 0.0795. The second-order valence-electron chi connectivity index (χ2n) is 5.82. The van der Waals surface area contributed by atoms with Crippen LogP contribution >= 0.6 is 0 Å². The van der Waals surface area contributed by atoms with Crippen LogP contribution in [0.1, 0.15) is 31.7 Å². The number of nitrogen functional groups attached to an aromatic ring is 1. The molecular weight excluding hydrogens is 266 g/mol. The zero-order valence-corrected chi connectivity index (χ0v) is 12.4. The number of primary amides is 1. The molecule has 0 aromatic heterocycles. The summed E-state index contributed by atoms with van der Waals surface area (Å²) >= 11 is 0. The number of aryl methyl sites for hydroxylation is 1. The van der Waals surface area contributed by atoms with E-state index in [0.29, 0.717) is 25.1 Å². The first kappa shape index (κ1) is 15.4. The van der Waals surface area contributed by atoms with E-state index in [1.807, 2.05) is 31.2 Å². The Hall–Kier alpha value is -2.04. The van der Waals surface area contributed by atoms with Crippen molar-refractivity contribution in [3.63, 3.8) is 0 Å². The maximum absolute atomic E-state index is 12.4. The quantitative estimate of drug-likeness (QED) is 0.819. The summed E-state index contributed by atoms with van der Waals surface area (Å²) in [6.45, 7) is 2.47. The molecule has 1 aliphatic heterocycles. The van der Waals surface area contributed by atoms with Gasteiger partial charge < -0.3 is 16.4 Å². The average Bonchev–Trinajstić information content (AvgIpc) is 2.45. The van der Waals surface area contributed by atoms with E-state index < -0.39 is 0 Å². The molecule has 1 saturated heterocycles. The predicted molar refractivity (Wildman–Crippen MR) is 82.3 cm³/mol. The molecule has 1 heterocycles. The van der Waals surface area contributed by atoms with Crippen LogP contribution in [0.5, 0.6) is 0 Å². The predicted octanol–water partition coefficient (Wildman–Crippen LogP) is 1.31.